The largest absolute Gasteiger partial charge is 0.389 e. The Morgan fingerprint density at radius 1 is 1.42 bits per heavy atom. The van der Waals surface area contributed by atoms with E-state index in [0.717, 1.165) is 12.5 Å². The molecule has 1 fully saturated rings. The fraction of sp³-hybridized carbons (Fsp3) is 0.533. The first kappa shape index (κ1) is 14.3. The molecular formula is C15H21FN2S. The highest BCUT2D eigenvalue weighted by Gasteiger charge is 2.21. The van der Waals surface area contributed by atoms with Crippen molar-refractivity contribution in [1.29, 1.82) is 0 Å². The van der Waals surface area contributed by atoms with E-state index in [-0.39, 0.29) is 10.8 Å². The maximum Gasteiger partial charge on any atom is 0.135 e. The lowest BCUT2D eigenvalue weighted by atomic mass is 9.80. The first-order chi connectivity index (χ1) is 9.09. The lowest BCUT2D eigenvalue weighted by molar-refractivity contribution is 0.268. The van der Waals surface area contributed by atoms with Crippen molar-refractivity contribution in [2.45, 2.75) is 32.6 Å². The minimum atomic E-state index is -0.353. The molecule has 2 rings (SSSR count). The Morgan fingerprint density at radius 2 is 2.16 bits per heavy atom. The van der Waals surface area contributed by atoms with Crippen molar-refractivity contribution in [2.24, 2.45) is 17.6 Å². The SMILES string of the molecule is CC1CCCCC1CNc1cccc(F)c1C(N)=S. The molecule has 1 aliphatic rings. The van der Waals surface area contributed by atoms with Crippen molar-refractivity contribution >= 4 is 22.9 Å². The zero-order chi connectivity index (χ0) is 13.8. The lowest BCUT2D eigenvalue weighted by Gasteiger charge is -2.29. The van der Waals surface area contributed by atoms with Gasteiger partial charge in [0, 0.05) is 12.2 Å². The van der Waals surface area contributed by atoms with Crippen molar-refractivity contribution in [3.8, 4) is 0 Å². The summed E-state index contributed by atoms with van der Waals surface area (Å²) in [5.74, 6) is 1.02. The van der Waals surface area contributed by atoms with Gasteiger partial charge in [-0.1, -0.05) is 44.5 Å². The molecule has 0 radical (unpaired) electrons. The molecule has 2 unspecified atom stereocenters. The second-order valence-corrected chi connectivity index (χ2v) is 5.87. The molecule has 3 N–H and O–H groups in total. The smallest absolute Gasteiger partial charge is 0.135 e. The van der Waals surface area contributed by atoms with Gasteiger partial charge in [-0.05, 0) is 30.4 Å². The average Bonchev–Trinajstić information content (AvgIpc) is 2.37. The highest BCUT2D eigenvalue weighted by atomic mass is 32.1. The van der Waals surface area contributed by atoms with Crippen LogP contribution < -0.4 is 11.1 Å². The van der Waals surface area contributed by atoms with Crippen LogP contribution in [0.15, 0.2) is 18.2 Å². The topological polar surface area (TPSA) is 38.0 Å². The highest BCUT2D eigenvalue weighted by molar-refractivity contribution is 7.80. The van der Waals surface area contributed by atoms with Gasteiger partial charge in [0.15, 0.2) is 0 Å². The van der Waals surface area contributed by atoms with Crippen LogP contribution >= 0.6 is 12.2 Å². The van der Waals surface area contributed by atoms with Crippen molar-refractivity contribution in [3.63, 3.8) is 0 Å². The van der Waals surface area contributed by atoms with Crippen molar-refractivity contribution in [3.05, 3.63) is 29.6 Å². The van der Waals surface area contributed by atoms with Crippen LogP contribution in [0.25, 0.3) is 0 Å². The summed E-state index contributed by atoms with van der Waals surface area (Å²) < 4.78 is 13.7. The Kier molecular flexibility index (Phi) is 4.75. The van der Waals surface area contributed by atoms with Crippen LogP contribution in [-0.2, 0) is 0 Å². The predicted octanol–water partition coefficient (Wildman–Crippen LogP) is 3.70. The van der Waals surface area contributed by atoms with Crippen molar-refractivity contribution < 1.29 is 4.39 Å². The molecule has 0 saturated heterocycles. The number of thiocarbonyl (C=S) groups is 1. The van der Waals surface area contributed by atoms with E-state index in [1.54, 1.807) is 6.07 Å². The number of benzene rings is 1. The molecule has 1 aromatic rings. The van der Waals surface area contributed by atoms with Gasteiger partial charge in [-0.25, -0.2) is 4.39 Å². The van der Waals surface area contributed by atoms with E-state index < -0.39 is 0 Å². The zero-order valence-corrected chi connectivity index (χ0v) is 12.1. The molecule has 0 aliphatic heterocycles. The van der Waals surface area contributed by atoms with Crippen LogP contribution in [0.4, 0.5) is 10.1 Å². The summed E-state index contributed by atoms with van der Waals surface area (Å²) in [6.07, 6.45) is 5.15. The second-order valence-electron chi connectivity index (χ2n) is 5.43. The Bertz CT molecular complexity index is 461. The fourth-order valence-corrected chi connectivity index (χ4v) is 3.07. The molecule has 2 atom stereocenters. The van der Waals surface area contributed by atoms with Gasteiger partial charge in [-0.2, -0.15) is 0 Å². The molecular weight excluding hydrogens is 259 g/mol. The van der Waals surface area contributed by atoms with Crippen LogP contribution in [0.5, 0.6) is 0 Å². The van der Waals surface area contributed by atoms with Gasteiger partial charge < -0.3 is 11.1 Å². The number of anilines is 1. The van der Waals surface area contributed by atoms with E-state index in [2.05, 4.69) is 12.2 Å². The van der Waals surface area contributed by atoms with Gasteiger partial charge in [0.1, 0.15) is 10.8 Å². The van der Waals surface area contributed by atoms with Gasteiger partial charge in [-0.3, -0.25) is 0 Å². The molecule has 104 valence electrons. The number of halogens is 1. The summed E-state index contributed by atoms with van der Waals surface area (Å²) in [6, 6.07) is 4.91. The number of nitrogens with two attached hydrogens (primary N) is 1. The average molecular weight is 280 g/mol. The molecule has 1 aromatic carbocycles. The third-order valence-electron chi connectivity index (χ3n) is 4.10. The highest BCUT2D eigenvalue weighted by Crippen LogP contribution is 2.30. The van der Waals surface area contributed by atoms with E-state index in [1.807, 2.05) is 6.07 Å². The zero-order valence-electron chi connectivity index (χ0n) is 11.3. The normalized spacial score (nSPS) is 23.1. The molecule has 0 bridgehead atoms. The Balaban J connectivity index is 2.07. The van der Waals surface area contributed by atoms with E-state index >= 15 is 0 Å². The van der Waals surface area contributed by atoms with Crippen molar-refractivity contribution in [2.75, 3.05) is 11.9 Å². The quantitative estimate of drug-likeness (QED) is 0.826. The summed E-state index contributed by atoms with van der Waals surface area (Å²) in [5.41, 5.74) is 6.65. The predicted molar refractivity (Wildman–Crippen MR) is 81.9 cm³/mol. The Labute approximate surface area is 119 Å². The molecule has 0 amide bonds. The summed E-state index contributed by atoms with van der Waals surface area (Å²) >= 11 is 4.93. The third kappa shape index (κ3) is 3.44. The molecule has 1 saturated carbocycles. The molecule has 0 aromatic heterocycles. The van der Waals surface area contributed by atoms with Crippen LogP contribution in [0.2, 0.25) is 0 Å². The number of nitrogens with one attached hydrogen (secondary N) is 1. The Morgan fingerprint density at radius 3 is 2.84 bits per heavy atom. The molecule has 4 heteroatoms. The summed E-state index contributed by atoms with van der Waals surface area (Å²) in [7, 11) is 0. The molecule has 2 nitrogen and oxygen atoms in total. The number of hydrogen-bond donors (Lipinski definition) is 2. The third-order valence-corrected chi connectivity index (χ3v) is 4.31. The number of rotatable bonds is 4. The van der Waals surface area contributed by atoms with Crippen LogP contribution in [0.3, 0.4) is 0 Å². The van der Waals surface area contributed by atoms with Crippen molar-refractivity contribution in [1.82, 2.24) is 0 Å². The fourth-order valence-electron chi connectivity index (χ4n) is 2.86. The first-order valence-electron chi connectivity index (χ1n) is 6.91. The number of hydrogen-bond acceptors (Lipinski definition) is 2. The maximum atomic E-state index is 13.7. The summed E-state index contributed by atoms with van der Waals surface area (Å²) in [5, 5.41) is 3.33. The minimum absolute atomic E-state index is 0.109. The molecule has 1 aliphatic carbocycles. The van der Waals surface area contributed by atoms with E-state index in [0.29, 0.717) is 17.2 Å². The van der Waals surface area contributed by atoms with Gasteiger partial charge >= 0.3 is 0 Å². The second kappa shape index (κ2) is 6.33. The molecule has 0 spiro atoms. The van der Waals surface area contributed by atoms with Gasteiger partial charge in [0.25, 0.3) is 0 Å². The molecule has 0 heterocycles. The van der Waals surface area contributed by atoms with E-state index in [9.17, 15) is 4.39 Å². The standard InChI is InChI=1S/C15H21FN2S/c1-10-5-2-3-6-11(10)9-18-13-8-4-7-12(16)14(13)15(17)19/h4,7-8,10-11,18H,2-3,5-6,9H2,1H3,(H2,17,19). The lowest BCUT2D eigenvalue weighted by Crippen LogP contribution is -2.25. The van der Waals surface area contributed by atoms with Gasteiger partial charge in [0.05, 0.1) is 5.56 Å². The minimum Gasteiger partial charge on any atom is -0.389 e. The van der Waals surface area contributed by atoms with Crippen LogP contribution in [-0.4, -0.2) is 11.5 Å². The van der Waals surface area contributed by atoms with Crippen LogP contribution in [0, 0.1) is 17.7 Å². The van der Waals surface area contributed by atoms with E-state index in [1.165, 1.54) is 31.7 Å². The summed E-state index contributed by atoms with van der Waals surface area (Å²) in [6.45, 7) is 3.16. The molecule has 19 heavy (non-hydrogen) atoms. The first-order valence-corrected chi connectivity index (χ1v) is 7.32. The summed E-state index contributed by atoms with van der Waals surface area (Å²) in [4.78, 5) is 0.109. The van der Waals surface area contributed by atoms with Gasteiger partial charge in [0.2, 0.25) is 0 Å². The monoisotopic (exact) mass is 280 g/mol. The van der Waals surface area contributed by atoms with Gasteiger partial charge in [-0.15, -0.1) is 0 Å². The maximum absolute atomic E-state index is 13.7. The van der Waals surface area contributed by atoms with Crippen LogP contribution in [0.1, 0.15) is 38.2 Å². The Hall–Kier alpha value is -1.16. The van der Waals surface area contributed by atoms with E-state index in [4.69, 9.17) is 18.0 Å².